The van der Waals surface area contributed by atoms with Crippen LogP contribution in [0.15, 0.2) is 42.6 Å². The van der Waals surface area contributed by atoms with E-state index in [0.717, 1.165) is 31.9 Å². The molecular weight excluding hydrogens is 304 g/mol. The summed E-state index contributed by atoms with van der Waals surface area (Å²) in [7, 11) is 0. The third kappa shape index (κ3) is 3.99. The molecule has 1 fully saturated rings. The van der Waals surface area contributed by atoms with Crippen molar-refractivity contribution in [3.05, 3.63) is 53.7 Å². The lowest BCUT2D eigenvalue weighted by molar-refractivity contribution is 0.0443. The molecule has 1 aromatic carbocycles. The molecule has 1 aliphatic rings. The van der Waals surface area contributed by atoms with Crippen molar-refractivity contribution < 1.29 is 14.6 Å². The second-order valence-corrected chi connectivity index (χ2v) is 5.48. The molecule has 3 rings (SSSR count). The van der Waals surface area contributed by atoms with Gasteiger partial charge in [-0.3, -0.25) is 9.88 Å². The van der Waals surface area contributed by atoms with Gasteiger partial charge in [0.25, 0.3) is 0 Å². The normalized spacial score (nSPS) is 14.7. The summed E-state index contributed by atoms with van der Waals surface area (Å²) in [5.74, 6) is 5.23. The second kappa shape index (κ2) is 7.73. The molecule has 1 aliphatic heterocycles. The highest BCUT2D eigenvalue weighted by atomic mass is 16.5. The number of carboxylic acid groups (broad SMARTS) is 1. The van der Waals surface area contributed by atoms with Gasteiger partial charge in [-0.1, -0.05) is 42.2 Å². The third-order valence-corrected chi connectivity index (χ3v) is 3.81. The Morgan fingerprint density at radius 2 is 2.00 bits per heavy atom. The number of aromatic nitrogens is 1. The Balaban J connectivity index is 1.89. The first kappa shape index (κ1) is 16.2. The van der Waals surface area contributed by atoms with Gasteiger partial charge in [0, 0.05) is 24.8 Å². The zero-order chi connectivity index (χ0) is 16.8. The number of aromatic carboxylic acids is 1. The van der Waals surface area contributed by atoms with Gasteiger partial charge in [0.05, 0.1) is 36.6 Å². The predicted octanol–water partition coefficient (Wildman–Crippen LogP) is 2.13. The highest BCUT2D eigenvalue weighted by Crippen LogP contribution is 2.21. The minimum atomic E-state index is -1.00. The molecule has 24 heavy (non-hydrogen) atoms. The van der Waals surface area contributed by atoms with Gasteiger partial charge in [-0.05, 0) is 6.07 Å². The molecule has 0 atom stereocenters. The highest BCUT2D eigenvalue weighted by Gasteiger charge is 2.11. The Morgan fingerprint density at radius 1 is 1.25 bits per heavy atom. The number of morpholine rings is 1. The van der Waals surface area contributed by atoms with Crippen LogP contribution in [-0.2, 0) is 4.74 Å². The first-order chi connectivity index (χ1) is 11.7. The minimum absolute atomic E-state index is 0.144. The SMILES string of the molecule is O=C(O)c1cnc(-c2ccccc2)c(C#CCN2CCOCC2)c1. The quantitative estimate of drug-likeness (QED) is 0.877. The van der Waals surface area contributed by atoms with Gasteiger partial charge < -0.3 is 9.84 Å². The van der Waals surface area contributed by atoms with Crippen molar-refractivity contribution in [3.8, 4) is 23.1 Å². The van der Waals surface area contributed by atoms with Crippen molar-refractivity contribution >= 4 is 5.97 Å². The summed E-state index contributed by atoms with van der Waals surface area (Å²) in [5.41, 5.74) is 2.40. The zero-order valence-electron chi connectivity index (χ0n) is 13.2. The Morgan fingerprint density at radius 3 is 2.71 bits per heavy atom. The first-order valence-electron chi connectivity index (χ1n) is 7.82. The average Bonchev–Trinajstić information content (AvgIpc) is 2.63. The summed E-state index contributed by atoms with van der Waals surface area (Å²) in [6, 6.07) is 11.2. The van der Waals surface area contributed by atoms with Crippen LogP contribution in [0.5, 0.6) is 0 Å². The lowest BCUT2D eigenvalue weighted by Gasteiger charge is -2.24. The van der Waals surface area contributed by atoms with E-state index in [9.17, 15) is 9.90 Å². The summed E-state index contributed by atoms with van der Waals surface area (Å²) < 4.78 is 5.32. The lowest BCUT2D eigenvalue weighted by Crippen LogP contribution is -2.36. The van der Waals surface area contributed by atoms with Gasteiger partial charge in [0.2, 0.25) is 0 Å². The molecule has 0 bridgehead atoms. The van der Waals surface area contributed by atoms with Crippen molar-refractivity contribution in [2.75, 3.05) is 32.8 Å². The topological polar surface area (TPSA) is 62.7 Å². The molecule has 0 aliphatic carbocycles. The Kier molecular flexibility index (Phi) is 5.22. The fourth-order valence-electron chi connectivity index (χ4n) is 2.51. The van der Waals surface area contributed by atoms with Crippen LogP contribution in [0.25, 0.3) is 11.3 Å². The maximum Gasteiger partial charge on any atom is 0.337 e. The Bertz CT molecular complexity index is 772. The number of nitrogens with zero attached hydrogens (tertiary/aromatic N) is 2. The van der Waals surface area contributed by atoms with E-state index in [-0.39, 0.29) is 5.56 Å². The standard InChI is InChI=1S/C19H18N2O3/c22-19(23)17-13-16(7-4-8-21-9-11-24-12-10-21)18(20-14-17)15-5-2-1-3-6-15/h1-3,5-6,13-14H,8-12H2,(H,22,23). The number of hydrogen-bond acceptors (Lipinski definition) is 4. The number of carbonyl (C=O) groups is 1. The van der Waals surface area contributed by atoms with Gasteiger partial charge in [-0.2, -0.15) is 0 Å². The molecular formula is C19H18N2O3. The molecule has 122 valence electrons. The van der Waals surface area contributed by atoms with Gasteiger partial charge in [0.1, 0.15) is 0 Å². The molecule has 1 aromatic heterocycles. The van der Waals surface area contributed by atoms with Crippen molar-refractivity contribution in [2.45, 2.75) is 0 Å². The van der Waals surface area contributed by atoms with E-state index in [4.69, 9.17) is 4.74 Å². The monoisotopic (exact) mass is 322 g/mol. The maximum atomic E-state index is 11.2. The van der Waals surface area contributed by atoms with Crippen LogP contribution in [-0.4, -0.2) is 53.8 Å². The van der Waals surface area contributed by atoms with Crippen molar-refractivity contribution in [1.82, 2.24) is 9.88 Å². The van der Waals surface area contributed by atoms with E-state index in [1.165, 1.54) is 6.20 Å². The molecule has 5 heteroatoms. The van der Waals surface area contributed by atoms with E-state index in [2.05, 4.69) is 21.7 Å². The van der Waals surface area contributed by atoms with Crippen LogP contribution in [0.3, 0.4) is 0 Å². The number of rotatable bonds is 3. The van der Waals surface area contributed by atoms with Crippen molar-refractivity contribution in [2.24, 2.45) is 0 Å². The molecule has 0 saturated carbocycles. The molecule has 0 unspecified atom stereocenters. The smallest absolute Gasteiger partial charge is 0.337 e. The van der Waals surface area contributed by atoms with Crippen LogP contribution in [0.4, 0.5) is 0 Å². The summed E-state index contributed by atoms with van der Waals surface area (Å²) in [4.78, 5) is 17.7. The van der Waals surface area contributed by atoms with E-state index in [1.54, 1.807) is 6.07 Å². The van der Waals surface area contributed by atoms with Crippen LogP contribution in [0.1, 0.15) is 15.9 Å². The van der Waals surface area contributed by atoms with Crippen molar-refractivity contribution in [3.63, 3.8) is 0 Å². The summed E-state index contributed by atoms with van der Waals surface area (Å²) >= 11 is 0. The number of benzene rings is 1. The summed E-state index contributed by atoms with van der Waals surface area (Å²) in [5, 5.41) is 9.19. The molecule has 0 radical (unpaired) electrons. The fourth-order valence-corrected chi connectivity index (χ4v) is 2.51. The fraction of sp³-hybridized carbons (Fsp3) is 0.263. The van der Waals surface area contributed by atoms with Gasteiger partial charge in [-0.25, -0.2) is 4.79 Å². The van der Waals surface area contributed by atoms with E-state index < -0.39 is 5.97 Å². The van der Waals surface area contributed by atoms with E-state index >= 15 is 0 Å². The maximum absolute atomic E-state index is 11.2. The molecule has 5 nitrogen and oxygen atoms in total. The van der Waals surface area contributed by atoms with Crippen LogP contribution < -0.4 is 0 Å². The number of ether oxygens (including phenoxy) is 1. The second-order valence-electron chi connectivity index (χ2n) is 5.48. The predicted molar refractivity (Wildman–Crippen MR) is 90.8 cm³/mol. The molecule has 0 amide bonds. The van der Waals surface area contributed by atoms with Gasteiger partial charge >= 0.3 is 5.97 Å². The number of carboxylic acids is 1. The molecule has 2 heterocycles. The van der Waals surface area contributed by atoms with Crippen molar-refractivity contribution in [1.29, 1.82) is 0 Å². The Hall–Kier alpha value is -2.68. The van der Waals surface area contributed by atoms with E-state index in [0.29, 0.717) is 17.8 Å². The third-order valence-electron chi connectivity index (χ3n) is 3.81. The summed E-state index contributed by atoms with van der Waals surface area (Å²) in [6.07, 6.45) is 1.37. The molecule has 1 N–H and O–H groups in total. The number of hydrogen-bond donors (Lipinski definition) is 1. The zero-order valence-corrected chi connectivity index (χ0v) is 13.2. The summed E-state index contributed by atoms with van der Waals surface area (Å²) in [6.45, 7) is 3.83. The highest BCUT2D eigenvalue weighted by molar-refractivity contribution is 5.88. The minimum Gasteiger partial charge on any atom is -0.478 e. The van der Waals surface area contributed by atoms with Crippen LogP contribution >= 0.6 is 0 Å². The molecule has 1 saturated heterocycles. The molecule has 0 spiro atoms. The number of pyridine rings is 1. The van der Waals surface area contributed by atoms with Gasteiger partial charge in [0.15, 0.2) is 0 Å². The average molecular weight is 322 g/mol. The first-order valence-corrected chi connectivity index (χ1v) is 7.82. The van der Waals surface area contributed by atoms with Gasteiger partial charge in [-0.15, -0.1) is 0 Å². The molecule has 2 aromatic rings. The van der Waals surface area contributed by atoms with E-state index in [1.807, 2.05) is 30.3 Å². The Labute approximate surface area is 140 Å². The lowest BCUT2D eigenvalue weighted by atomic mass is 10.0. The van der Waals surface area contributed by atoms with Crippen LogP contribution in [0.2, 0.25) is 0 Å². The largest absolute Gasteiger partial charge is 0.478 e. The van der Waals surface area contributed by atoms with Crippen LogP contribution in [0, 0.1) is 11.8 Å².